The third kappa shape index (κ3) is 4.38. The van der Waals surface area contributed by atoms with Crippen LogP contribution in [-0.4, -0.2) is 22.8 Å². The van der Waals surface area contributed by atoms with Crippen LogP contribution < -0.4 is 10.1 Å². The number of carbonyl (C=O) groups excluding carboxylic acids is 1. The summed E-state index contributed by atoms with van der Waals surface area (Å²) in [5, 5.41) is 3.81. The van der Waals surface area contributed by atoms with Crippen molar-refractivity contribution >= 4 is 46.2 Å². The molecule has 0 bridgehead atoms. The number of hydrogen-bond acceptors (Lipinski definition) is 4. The summed E-state index contributed by atoms with van der Waals surface area (Å²) in [6, 6.07) is 13.2. The third-order valence-electron chi connectivity index (χ3n) is 4.85. The molecule has 2 heterocycles. The summed E-state index contributed by atoms with van der Waals surface area (Å²) in [5.74, 6) is 0.141. The lowest BCUT2D eigenvalue weighted by atomic mass is 10.2. The van der Waals surface area contributed by atoms with E-state index in [9.17, 15) is 9.18 Å². The highest BCUT2D eigenvalue weighted by Crippen LogP contribution is 2.33. The first-order valence-corrected chi connectivity index (χ1v) is 10.6. The van der Waals surface area contributed by atoms with Crippen LogP contribution in [0, 0.1) is 19.7 Å². The Morgan fingerprint density at radius 2 is 1.90 bits per heavy atom. The maximum absolute atomic E-state index is 13.1. The highest BCUT2D eigenvalue weighted by molar-refractivity contribution is 8.18. The summed E-state index contributed by atoms with van der Waals surface area (Å²) in [4.78, 5) is 17.4. The Hall–Kier alpha value is -3.03. The largest absolute Gasteiger partial charge is 0.495 e. The first kappa shape index (κ1) is 21.2. The average molecular weight is 456 g/mol. The number of nitrogens with zero attached hydrogens (tertiary/aromatic N) is 2. The number of methoxy groups -OCH3 is 1. The molecule has 0 atom stereocenters. The topological polar surface area (TPSA) is 55.6 Å². The fraction of sp³-hybridized carbons (Fsp3) is 0.130. The molecule has 0 saturated carbocycles. The van der Waals surface area contributed by atoms with Crippen molar-refractivity contribution < 1.29 is 13.9 Å². The van der Waals surface area contributed by atoms with E-state index in [2.05, 4.69) is 10.3 Å². The molecule has 5 nitrogen and oxygen atoms in total. The molecule has 1 aromatic heterocycles. The van der Waals surface area contributed by atoms with Gasteiger partial charge in [0.15, 0.2) is 5.17 Å². The minimum atomic E-state index is -0.334. The lowest BCUT2D eigenvalue weighted by molar-refractivity contribution is -0.115. The number of hydrogen-bond donors (Lipinski definition) is 1. The number of carbonyl (C=O) groups is 1. The summed E-state index contributed by atoms with van der Waals surface area (Å²) in [6.07, 6.45) is 1.84. The SMILES string of the molecule is COc1ccc(Cl)cc1-n1c(C)cc(/C=C2/SC(=Nc3ccc(F)cc3)NC2=O)c1C. The third-order valence-corrected chi connectivity index (χ3v) is 5.99. The number of amides is 1. The van der Waals surface area contributed by atoms with Crippen molar-refractivity contribution in [1.29, 1.82) is 0 Å². The van der Waals surface area contributed by atoms with Gasteiger partial charge < -0.3 is 14.6 Å². The van der Waals surface area contributed by atoms with Gasteiger partial charge in [0.05, 0.1) is 23.4 Å². The zero-order chi connectivity index (χ0) is 22.1. The Bertz CT molecular complexity index is 1230. The highest BCUT2D eigenvalue weighted by Gasteiger charge is 2.25. The molecule has 1 aliphatic heterocycles. The number of thioether (sulfide) groups is 1. The van der Waals surface area contributed by atoms with Crippen LogP contribution in [0.5, 0.6) is 5.75 Å². The van der Waals surface area contributed by atoms with Gasteiger partial charge in [-0.15, -0.1) is 0 Å². The number of aliphatic imine (C=N–C) groups is 1. The van der Waals surface area contributed by atoms with E-state index in [0.717, 1.165) is 22.6 Å². The van der Waals surface area contributed by atoms with Gasteiger partial charge in [-0.25, -0.2) is 9.38 Å². The van der Waals surface area contributed by atoms with Crippen molar-refractivity contribution in [1.82, 2.24) is 9.88 Å². The van der Waals surface area contributed by atoms with E-state index in [-0.39, 0.29) is 11.7 Å². The zero-order valence-corrected chi connectivity index (χ0v) is 18.6. The van der Waals surface area contributed by atoms with Gasteiger partial charge in [-0.2, -0.15) is 0 Å². The summed E-state index contributed by atoms with van der Waals surface area (Å²) in [7, 11) is 1.62. The Morgan fingerprint density at radius 3 is 2.61 bits per heavy atom. The molecule has 1 N–H and O–H groups in total. The van der Waals surface area contributed by atoms with E-state index < -0.39 is 0 Å². The van der Waals surface area contributed by atoms with Crippen LogP contribution >= 0.6 is 23.4 Å². The van der Waals surface area contributed by atoms with Crippen LogP contribution in [0.3, 0.4) is 0 Å². The Labute approximate surface area is 188 Å². The van der Waals surface area contributed by atoms with Gasteiger partial charge in [-0.1, -0.05) is 11.6 Å². The van der Waals surface area contributed by atoms with Crippen molar-refractivity contribution in [3.8, 4) is 11.4 Å². The molecular weight excluding hydrogens is 437 g/mol. The molecule has 0 unspecified atom stereocenters. The molecule has 31 heavy (non-hydrogen) atoms. The first-order valence-electron chi connectivity index (χ1n) is 9.43. The second-order valence-corrected chi connectivity index (χ2v) is 8.40. The Balaban J connectivity index is 1.67. The molecule has 0 radical (unpaired) electrons. The fourth-order valence-electron chi connectivity index (χ4n) is 3.40. The number of nitrogens with one attached hydrogen (secondary N) is 1. The highest BCUT2D eigenvalue weighted by atomic mass is 35.5. The van der Waals surface area contributed by atoms with E-state index >= 15 is 0 Å². The van der Waals surface area contributed by atoms with Crippen LogP contribution in [0.25, 0.3) is 11.8 Å². The predicted molar refractivity (Wildman–Crippen MR) is 124 cm³/mol. The van der Waals surface area contributed by atoms with E-state index in [0.29, 0.717) is 26.5 Å². The van der Waals surface area contributed by atoms with Gasteiger partial charge in [-0.3, -0.25) is 4.79 Å². The average Bonchev–Trinajstić information content (AvgIpc) is 3.22. The molecule has 158 valence electrons. The van der Waals surface area contributed by atoms with Crippen molar-refractivity contribution in [2.24, 2.45) is 4.99 Å². The molecule has 8 heteroatoms. The van der Waals surface area contributed by atoms with Crippen LogP contribution in [0.4, 0.5) is 10.1 Å². The minimum Gasteiger partial charge on any atom is -0.495 e. The molecule has 1 fully saturated rings. The van der Waals surface area contributed by atoms with E-state index in [1.165, 1.54) is 23.9 Å². The lowest BCUT2D eigenvalue weighted by Gasteiger charge is -2.14. The second-order valence-electron chi connectivity index (χ2n) is 6.94. The number of ether oxygens (including phenoxy) is 1. The summed E-state index contributed by atoms with van der Waals surface area (Å²) >= 11 is 7.46. The number of aromatic nitrogens is 1. The number of aryl methyl sites for hydroxylation is 1. The van der Waals surface area contributed by atoms with Gasteiger partial charge in [0, 0.05) is 16.4 Å². The molecule has 0 spiro atoms. The van der Waals surface area contributed by atoms with Gasteiger partial charge in [0.25, 0.3) is 5.91 Å². The van der Waals surface area contributed by atoms with E-state index in [1.807, 2.05) is 42.7 Å². The zero-order valence-electron chi connectivity index (χ0n) is 17.1. The monoisotopic (exact) mass is 455 g/mol. The van der Waals surface area contributed by atoms with Crippen molar-refractivity contribution in [2.45, 2.75) is 13.8 Å². The molecule has 1 saturated heterocycles. The van der Waals surface area contributed by atoms with Crippen LogP contribution in [-0.2, 0) is 4.79 Å². The number of rotatable bonds is 4. The standard InChI is InChI=1S/C23H19ClFN3O2S/c1-13-10-15(14(2)28(13)19-12-16(24)4-9-20(19)30-3)11-21-22(29)27-23(31-21)26-18-7-5-17(25)6-8-18/h4-12H,1-3H3,(H,26,27,29)/b21-11+. The number of amidine groups is 1. The van der Waals surface area contributed by atoms with E-state index in [1.54, 1.807) is 25.3 Å². The maximum atomic E-state index is 13.1. The van der Waals surface area contributed by atoms with Gasteiger partial charge in [0.2, 0.25) is 0 Å². The summed E-state index contributed by atoms with van der Waals surface area (Å²) in [5.41, 5.74) is 4.23. The van der Waals surface area contributed by atoms with Crippen LogP contribution in [0.1, 0.15) is 17.0 Å². The second kappa shape index (κ2) is 8.61. The lowest BCUT2D eigenvalue weighted by Crippen LogP contribution is -2.19. The summed E-state index contributed by atoms with van der Waals surface area (Å²) in [6.45, 7) is 3.96. The summed E-state index contributed by atoms with van der Waals surface area (Å²) < 4.78 is 20.6. The van der Waals surface area contributed by atoms with Crippen molar-refractivity contribution in [3.63, 3.8) is 0 Å². The minimum absolute atomic E-state index is 0.226. The van der Waals surface area contributed by atoms with Crippen LogP contribution in [0.2, 0.25) is 5.02 Å². The number of benzene rings is 2. The Kier molecular flexibility index (Phi) is 5.89. The van der Waals surface area contributed by atoms with Gasteiger partial charge in [0.1, 0.15) is 11.6 Å². The molecule has 4 rings (SSSR count). The predicted octanol–water partition coefficient (Wildman–Crippen LogP) is 5.79. The first-order chi connectivity index (χ1) is 14.9. The maximum Gasteiger partial charge on any atom is 0.264 e. The van der Waals surface area contributed by atoms with Crippen molar-refractivity contribution in [2.75, 3.05) is 7.11 Å². The molecule has 3 aromatic rings. The van der Waals surface area contributed by atoms with Crippen LogP contribution in [0.15, 0.2) is 58.4 Å². The van der Waals surface area contributed by atoms with Crippen molar-refractivity contribution in [3.05, 3.63) is 81.2 Å². The molecule has 0 aliphatic carbocycles. The molecule has 1 aliphatic rings. The molecule has 1 amide bonds. The fourth-order valence-corrected chi connectivity index (χ4v) is 4.40. The van der Waals surface area contributed by atoms with Gasteiger partial charge in [-0.05, 0) is 85.8 Å². The number of halogens is 2. The smallest absolute Gasteiger partial charge is 0.264 e. The normalized spacial score (nSPS) is 16.2. The van der Waals surface area contributed by atoms with E-state index in [4.69, 9.17) is 16.3 Å². The molecular formula is C23H19ClFN3O2S. The quantitative estimate of drug-likeness (QED) is 0.507. The van der Waals surface area contributed by atoms with Gasteiger partial charge >= 0.3 is 0 Å². The Morgan fingerprint density at radius 1 is 1.16 bits per heavy atom. The molecule has 2 aromatic carbocycles.